The first-order chi connectivity index (χ1) is 34.0. The van der Waals surface area contributed by atoms with Gasteiger partial charge in [-0.05, 0) is 89.9 Å². The van der Waals surface area contributed by atoms with Gasteiger partial charge in [0.15, 0.2) is 6.10 Å². The number of unbranched alkanes of at least 4 members (excludes halogenated alkanes) is 30. The van der Waals surface area contributed by atoms with Gasteiger partial charge >= 0.3 is 17.9 Å². The Hall–Kier alpha value is -3.15. The summed E-state index contributed by atoms with van der Waals surface area (Å²) in [6.45, 7) is 6.52. The van der Waals surface area contributed by atoms with Gasteiger partial charge in [-0.1, -0.05) is 254 Å². The minimum atomic E-state index is -0.790. The lowest BCUT2D eigenvalue weighted by Gasteiger charge is -2.18. The molecule has 69 heavy (non-hydrogen) atoms. The van der Waals surface area contributed by atoms with Crippen molar-refractivity contribution in [2.24, 2.45) is 0 Å². The molecule has 6 heteroatoms. The maximum absolute atomic E-state index is 12.9. The van der Waals surface area contributed by atoms with E-state index in [-0.39, 0.29) is 31.1 Å². The van der Waals surface area contributed by atoms with E-state index < -0.39 is 6.10 Å². The number of carbonyl (C=O) groups is 3. The Bertz CT molecular complexity index is 1290. The van der Waals surface area contributed by atoms with Gasteiger partial charge in [-0.3, -0.25) is 14.4 Å². The fourth-order valence-corrected chi connectivity index (χ4v) is 8.29. The molecule has 0 aliphatic carbocycles. The summed E-state index contributed by atoms with van der Waals surface area (Å²) in [4.78, 5) is 38.2. The van der Waals surface area contributed by atoms with Crippen LogP contribution in [0.2, 0.25) is 0 Å². The molecular formula is C63H110O6. The van der Waals surface area contributed by atoms with Gasteiger partial charge in [-0.25, -0.2) is 0 Å². The second-order valence-electron chi connectivity index (χ2n) is 19.5. The molecule has 0 amide bonds. The van der Waals surface area contributed by atoms with Crippen molar-refractivity contribution >= 4 is 17.9 Å². The van der Waals surface area contributed by atoms with E-state index in [1.807, 2.05) is 0 Å². The molecule has 0 aliphatic heterocycles. The summed E-state index contributed by atoms with van der Waals surface area (Å²) in [6, 6.07) is 0. The molecule has 0 N–H and O–H groups in total. The summed E-state index contributed by atoms with van der Waals surface area (Å²) in [5, 5.41) is 0. The van der Waals surface area contributed by atoms with E-state index in [9.17, 15) is 14.4 Å². The molecule has 0 fully saturated rings. The van der Waals surface area contributed by atoms with E-state index in [2.05, 4.69) is 93.7 Å². The normalized spacial score (nSPS) is 12.6. The maximum atomic E-state index is 12.9. The van der Waals surface area contributed by atoms with Crippen LogP contribution >= 0.6 is 0 Å². The molecule has 0 bridgehead atoms. The highest BCUT2D eigenvalue weighted by Gasteiger charge is 2.19. The third-order valence-corrected chi connectivity index (χ3v) is 12.7. The molecule has 0 rings (SSSR count). The summed E-state index contributed by atoms with van der Waals surface area (Å²) in [6.07, 6.45) is 73.2. The van der Waals surface area contributed by atoms with E-state index in [1.54, 1.807) is 0 Å². The predicted octanol–water partition coefficient (Wildman–Crippen LogP) is 19.8. The second-order valence-corrected chi connectivity index (χ2v) is 19.5. The van der Waals surface area contributed by atoms with E-state index in [0.29, 0.717) is 19.3 Å². The first-order valence-electron chi connectivity index (χ1n) is 29.4. The lowest BCUT2D eigenvalue weighted by atomic mass is 10.0. The number of hydrogen-bond acceptors (Lipinski definition) is 6. The first kappa shape index (κ1) is 65.8. The maximum Gasteiger partial charge on any atom is 0.306 e. The van der Waals surface area contributed by atoms with Crippen LogP contribution < -0.4 is 0 Å². The molecule has 0 saturated carbocycles. The van der Waals surface area contributed by atoms with E-state index in [0.717, 1.165) is 96.3 Å². The van der Waals surface area contributed by atoms with Gasteiger partial charge in [-0.2, -0.15) is 0 Å². The average Bonchev–Trinajstić information content (AvgIpc) is 3.35. The predicted molar refractivity (Wildman–Crippen MR) is 298 cm³/mol. The highest BCUT2D eigenvalue weighted by Crippen LogP contribution is 2.16. The fourth-order valence-electron chi connectivity index (χ4n) is 8.29. The SMILES string of the molecule is CC/C=C/C/C=C/C/C=C/C/C=C/C/C=C/CCCCCC(=O)OC[C@@H](COC(=O)CCCCCCCCCCCCCCCCC)OC(=O)CCCCCCCCC/C=C/CCCCCCCC. The molecule has 0 aliphatic rings. The minimum Gasteiger partial charge on any atom is -0.462 e. The standard InChI is InChI=1S/C63H110O6/c1-4-7-10-13-16-19-22-25-28-30-31-33-35-38-41-44-47-50-53-56-62(65)68-59-60(58-67-61(64)55-52-49-46-43-40-37-34-27-24-21-18-15-12-9-6-3)69-63(66)57-54-51-48-45-42-39-36-32-29-26-23-20-17-14-11-8-5-2/h7,10,16,19,25-26,28-29,31,33,38,41,60H,4-6,8-9,11-15,17-18,20-24,27,30,32,34-37,39-40,42-59H2,1-3H3/b10-7+,19-16+,28-25+,29-26+,33-31+,41-38+/t60-/m1/s1. The number of hydrogen-bond donors (Lipinski definition) is 0. The Morgan fingerprint density at radius 1 is 0.304 bits per heavy atom. The van der Waals surface area contributed by atoms with Gasteiger partial charge in [0, 0.05) is 19.3 Å². The van der Waals surface area contributed by atoms with Crippen LogP contribution in [0.4, 0.5) is 0 Å². The Morgan fingerprint density at radius 3 is 0.913 bits per heavy atom. The molecule has 0 radical (unpaired) electrons. The molecule has 0 spiro atoms. The Balaban J connectivity index is 4.43. The van der Waals surface area contributed by atoms with Crippen molar-refractivity contribution in [2.75, 3.05) is 13.2 Å². The van der Waals surface area contributed by atoms with Crippen LogP contribution in [-0.4, -0.2) is 37.2 Å². The summed E-state index contributed by atoms with van der Waals surface area (Å²) < 4.78 is 16.9. The topological polar surface area (TPSA) is 78.9 Å². The third kappa shape index (κ3) is 55.6. The number of ether oxygens (including phenoxy) is 3. The lowest BCUT2D eigenvalue weighted by molar-refractivity contribution is -0.167. The molecule has 0 aromatic heterocycles. The Kier molecular flexibility index (Phi) is 54.8. The summed E-state index contributed by atoms with van der Waals surface area (Å²) in [7, 11) is 0. The van der Waals surface area contributed by atoms with E-state index >= 15 is 0 Å². The van der Waals surface area contributed by atoms with E-state index in [1.165, 1.54) is 154 Å². The van der Waals surface area contributed by atoms with Crippen LogP contribution in [0.25, 0.3) is 0 Å². The molecule has 1 atom stereocenters. The van der Waals surface area contributed by atoms with Crippen molar-refractivity contribution in [3.63, 3.8) is 0 Å². The molecule has 0 aromatic carbocycles. The molecule has 0 aromatic rings. The number of carbonyl (C=O) groups excluding carboxylic acids is 3. The molecule has 398 valence electrons. The van der Waals surface area contributed by atoms with Gasteiger partial charge in [0.05, 0.1) is 0 Å². The van der Waals surface area contributed by atoms with E-state index in [4.69, 9.17) is 14.2 Å². The van der Waals surface area contributed by atoms with Crippen molar-refractivity contribution < 1.29 is 28.6 Å². The average molecular weight is 964 g/mol. The molecule has 6 nitrogen and oxygen atoms in total. The van der Waals surface area contributed by atoms with Crippen LogP contribution in [0.3, 0.4) is 0 Å². The monoisotopic (exact) mass is 963 g/mol. The van der Waals surface area contributed by atoms with Crippen molar-refractivity contribution in [1.29, 1.82) is 0 Å². The lowest BCUT2D eigenvalue weighted by Crippen LogP contribution is -2.30. The van der Waals surface area contributed by atoms with Gasteiger partial charge in [0.2, 0.25) is 0 Å². The van der Waals surface area contributed by atoms with Crippen LogP contribution in [0.5, 0.6) is 0 Å². The van der Waals surface area contributed by atoms with Crippen molar-refractivity contribution in [3.05, 3.63) is 72.9 Å². The highest BCUT2D eigenvalue weighted by molar-refractivity contribution is 5.71. The van der Waals surface area contributed by atoms with Crippen LogP contribution in [0.1, 0.15) is 290 Å². The van der Waals surface area contributed by atoms with Gasteiger partial charge < -0.3 is 14.2 Å². The Morgan fingerprint density at radius 2 is 0.565 bits per heavy atom. The zero-order valence-corrected chi connectivity index (χ0v) is 45.6. The fraction of sp³-hybridized carbons (Fsp3) is 0.762. The molecule has 0 saturated heterocycles. The first-order valence-corrected chi connectivity index (χ1v) is 29.4. The molecule has 0 unspecified atom stereocenters. The summed E-state index contributed by atoms with van der Waals surface area (Å²) >= 11 is 0. The largest absolute Gasteiger partial charge is 0.462 e. The van der Waals surface area contributed by atoms with Crippen molar-refractivity contribution in [1.82, 2.24) is 0 Å². The number of rotatable bonds is 53. The van der Waals surface area contributed by atoms with Crippen molar-refractivity contribution in [3.8, 4) is 0 Å². The zero-order chi connectivity index (χ0) is 50.0. The van der Waals surface area contributed by atoms with Gasteiger partial charge in [0.1, 0.15) is 13.2 Å². The second kappa shape index (κ2) is 57.4. The Labute approximate surface area is 427 Å². The van der Waals surface area contributed by atoms with Gasteiger partial charge in [-0.15, -0.1) is 0 Å². The highest BCUT2D eigenvalue weighted by atomic mass is 16.6. The summed E-state index contributed by atoms with van der Waals surface area (Å²) in [5.41, 5.74) is 0. The number of esters is 3. The van der Waals surface area contributed by atoms with Crippen LogP contribution in [0.15, 0.2) is 72.9 Å². The summed E-state index contributed by atoms with van der Waals surface area (Å²) in [5.74, 6) is -0.912. The third-order valence-electron chi connectivity index (χ3n) is 12.7. The molecular weight excluding hydrogens is 853 g/mol. The van der Waals surface area contributed by atoms with Crippen molar-refractivity contribution in [2.45, 2.75) is 297 Å². The number of allylic oxidation sites excluding steroid dienone is 12. The van der Waals surface area contributed by atoms with Crippen LogP contribution in [0, 0.1) is 0 Å². The minimum absolute atomic E-state index is 0.0852. The zero-order valence-electron chi connectivity index (χ0n) is 45.6. The molecule has 0 heterocycles. The van der Waals surface area contributed by atoms with Crippen LogP contribution in [-0.2, 0) is 28.6 Å². The smallest absolute Gasteiger partial charge is 0.306 e. The van der Waals surface area contributed by atoms with Gasteiger partial charge in [0.25, 0.3) is 0 Å². The quantitative estimate of drug-likeness (QED) is 0.0262.